The summed E-state index contributed by atoms with van der Waals surface area (Å²) >= 11 is 5.99. The molecule has 3 rings (SSSR count). The second kappa shape index (κ2) is 9.49. The fraction of sp³-hybridized carbons (Fsp3) is 0.286. The molecule has 2 amide bonds. The van der Waals surface area contributed by atoms with Gasteiger partial charge in [0, 0.05) is 19.0 Å². The highest BCUT2D eigenvalue weighted by atomic mass is 35.5. The van der Waals surface area contributed by atoms with Gasteiger partial charge in [-0.05, 0) is 24.3 Å². The van der Waals surface area contributed by atoms with Gasteiger partial charge in [0.05, 0.1) is 36.5 Å². The Bertz CT molecular complexity index is 964. The quantitative estimate of drug-likeness (QED) is 0.676. The van der Waals surface area contributed by atoms with Crippen molar-refractivity contribution in [3.05, 3.63) is 47.5 Å². The summed E-state index contributed by atoms with van der Waals surface area (Å²) in [5.74, 6) is -1.04. The molecule has 158 valence electrons. The van der Waals surface area contributed by atoms with E-state index in [0.717, 1.165) is 0 Å². The summed E-state index contributed by atoms with van der Waals surface area (Å²) in [5.41, 5.74) is 0.932. The molecule has 1 N–H and O–H groups in total. The predicted molar refractivity (Wildman–Crippen MR) is 111 cm³/mol. The van der Waals surface area contributed by atoms with E-state index in [4.69, 9.17) is 25.8 Å². The van der Waals surface area contributed by atoms with Crippen LogP contribution >= 0.6 is 11.6 Å². The third-order valence-corrected chi connectivity index (χ3v) is 4.96. The molecule has 9 heteroatoms. The molecule has 0 aromatic heterocycles. The van der Waals surface area contributed by atoms with Crippen molar-refractivity contribution in [3.63, 3.8) is 0 Å². The molecular weight excluding hydrogens is 412 g/mol. The van der Waals surface area contributed by atoms with Crippen molar-refractivity contribution in [3.8, 4) is 11.5 Å². The number of carbonyl (C=O) groups excluding carboxylic acids is 3. The molecule has 1 atom stereocenters. The lowest BCUT2D eigenvalue weighted by Crippen LogP contribution is -2.28. The van der Waals surface area contributed by atoms with Crippen LogP contribution in [0.1, 0.15) is 6.42 Å². The first-order chi connectivity index (χ1) is 14.4. The molecule has 0 unspecified atom stereocenters. The number of nitrogens with one attached hydrogen (secondary N) is 1. The van der Waals surface area contributed by atoms with Gasteiger partial charge in [-0.2, -0.15) is 0 Å². The molecule has 1 aliphatic heterocycles. The first-order valence-electron chi connectivity index (χ1n) is 9.16. The molecule has 0 radical (unpaired) electrons. The molecular formula is C21H21ClN2O6. The number of anilines is 2. The molecule has 2 aromatic rings. The van der Waals surface area contributed by atoms with Crippen LogP contribution in [0.25, 0.3) is 0 Å². The third kappa shape index (κ3) is 4.83. The van der Waals surface area contributed by atoms with Crippen molar-refractivity contribution in [1.29, 1.82) is 0 Å². The number of nitrogens with zero attached hydrogens (tertiary/aromatic N) is 1. The maximum Gasteiger partial charge on any atom is 0.311 e. The Morgan fingerprint density at radius 3 is 2.63 bits per heavy atom. The average molecular weight is 433 g/mol. The van der Waals surface area contributed by atoms with E-state index in [-0.39, 0.29) is 18.9 Å². The zero-order chi connectivity index (χ0) is 21.7. The minimum atomic E-state index is -0.693. The summed E-state index contributed by atoms with van der Waals surface area (Å²) in [6.07, 6.45) is -0.0225. The van der Waals surface area contributed by atoms with E-state index in [1.165, 1.54) is 19.1 Å². The number of ether oxygens (including phenoxy) is 3. The van der Waals surface area contributed by atoms with Gasteiger partial charge in [0.15, 0.2) is 6.61 Å². The molecule has 0 bridgehead atoms. The topological polar surface area (TPSA) is 94.2 Å². The van der Waals surface area contributed by atoms with Gasteiger partial charge in [-0.3, -0.25) is 14.4 Å². The number of methoxy groups -OCH3 is 2. The first-order valence-corrected chi connectivity index (χ1v) is 9.54. The van der Waals surface area contributed by atoms with Gasteiger partial charge < -0.3 is 24.4 Å². The van der Waals surface area contributed by atoms with Crippen molar-refractivity contribution < 1.29 is 28.6 Å². The molecule has 0 spiro atoms. The average Bonchev–Trinajstić information content (AvgIpc) is 3.14. The van der Waals surface area contributed by atoms with E-state index in [2.05, 4.69) is 5.32 Å². The third-order valence-electron chi connectivity index (χ3n) is 4.63. The number of hydrogen-bond acceptors (Lipinski definition) is 6. The van der Waals surface area contributed by atoms with Crippen LogP contribution in [0, 0.1) is 5.92 Å². The molecule has 1 fully saturated rings. The van der Waals surface area contributed by atoms with Gasteiger partial charge in [0.1, 0.15) is 11.5 Å². The highest BCUT2D eigenvalue weighted by Crippen LogP contribution is 2.36. The van der Waals surface area contributed by atoms with E-state index >= 15 is 0 Å². The summed E-state index contributed by atoms with van der Waals surface area (Å²) in [6, 6.07) is 11.8. The number of esters is 1. The summed E-state index contributed by atoms with van der Waals surface area (Å²) < 4.78 is 15.6. The van der Waals surface area contributed by atoms with E-state index in [0.29, 0.717) is 27.9 Å². The SMILES string of the molecule is COc1ccc(OC)c(N2C[C@H](C(=O)OCC(=O)Nc3ccccc3Cl)CC2=O)c1. The maximum absolute atomic E-state index is 12.5. The molecule has 1 saturated heterocycles. The van der Waals surface area contributed by atoms with E-state index in [1.54, 1.807) is 42.5 Å². The lowest BCUT2D eigenvalue weighted by molar-refractivity contribution is -0.151. The molecule has 8 nitrogen and oxygen atoms in total. The van der Waals surface area contributed by atoms with Crippen LogP contribution in [0.4, 0.5) is 11.4 Å². The normalized spacial score (nSPS) is 15.6. The lowest BCUT2D eigenvalue weighted by Gasteiger charge is -2.20. The van der Waals surface area contributed by atoms with Crippen molar-refractivity contribution in [2.45, 2.75) is 6.42 Å². The van der Waals surface area contributed by atoms with E-state index in [9.17, 15) is 14.4 Å². The lowest BCUT2D eigenvalue weighted by atomic mass is 10.1. The largest absolute Gasteiger partial charge is 0.497 e. The van der Waals surface area contributed by atoms with Crippen LogP contribution in [-0.2, 0) is 19.1 Å². The monoisotopic (exact) mass is 432 g/mol. The second-order valence-corrected chi connectivity index (χ2v) is 6.99. The fourth-order valence-corrected chi connectivity index (χ4v) is 3.29. The first kappa shape index (κ1) is 21.4. The Morgan fingerprint density at radius 2 is 1.93 bits per heavy atom. The van der Waals surface area contributed by atoms with Gasteiger partial charge in [-0.15, -0.1) is 0 Å². The Labute approximate surface area is 178 Å². The smallest absolute Gasteiger partial charge is 0.311 e. The Kier molecular flexibility index (Phi) is 6.79. The summed E-state index contributed by atoms with van der Waals surface area (Å²) in [4.78, 5) is 38.4. The van der Waals surface area contributed by atoms with Crippen molar-refractivity contribution >= 4 is 40.8 Å². The van der Waals surface area contributed by atoms with Gasteiger partial charge in [-0.1, -0.05) is 23.7 Å². The van der Waals surface area contributed by atoms with Gasteiger partial charge >= 0.3 is 5.97 Å². The predicted octanol–water partition coefficient (Wildman–Crippen LogP) is 2.89. The molecule has 1 heterocycles. The van der Waals surface area contributed by atoms with Crippen molar-refractivity contribution in [2.24, 2.45) is 5.92 Å². The van der Waals surface area contributed by atoms with Crippen LogP contribution in [0.3, 0.4) is 0 Å². The Balaban J connectivity index is 1.60. The number of halogens is 1. The minimum Gasteiger partial charge on any atom is -0.497 e. The standard InChI is InChI=1S/C21H21ClN2O6/c1-28-14-7-8-18(29-2)17(10-14)24-11-13(9-20(24)26)21(27)30-12-19(25)23-16-6-4-3-5-15(16)22/h3-8,10,13H,9,11-12H2,1-2H3,(H,23,25)/t13-/m1/s1. The number of carbonyl (C=O) groups is 3. The Morgan fingerprint density at radius 1 is 1.17 bits per heavy atom. The van der Waals surface area contributed by atoms with Gasteiger partial charge in [0.2, 0.25) is 5.91 Å². The van der Waals surface area contributed by atoms with Crippen LogP contribution in [0.2, 0.25) is 5.02 Å². The zero-order valence-electron chi connectivity index (χ0n) is 16.5. The maximum atomic E-state index is 12.5. The highest BCUT2D eigenvalue weighted by molar-refractivity contribution is 6.33. The van der Waals surface area contributed by atoms with Gasteiger partial charge in [0.25, 0.3) is 5.91 Å². The number of hydrogen-bond donors (Lipinski definition) is 1. The van der Waals surface area contributed by atoms with E-state index in [1.807, 2.05) is 0 Å². The molecule has 0 aliphatic carbocycles. The zero-order valence-corrected chi connectivity index (χ0v) is 17.3. The Hall–Kier alpha value is -3.26. The van der Waals surface area contributed by atoms with Crippen LogP contribution < -0.4 is 19.7 Å². The fourth-order valence-electron chi connectivity index (χ4n) is 3.11. The molecule has 30 heavy (non-hydrogen) atoms. The van der Waals surface area contributed by atoms with Crippen LogP contribution in [0.15, 0.2) is 42.5 Å². The molecule has 1 aliphatic rings. The minimum absolute atomic E-state index is 0.0225. The van der Waals surface area contributed by atoms with Crippen molar-refractivity contribution in [2.75, 3.05) is 37.6 Å². The summed E-state index contributed by atoms with van der Waals surface area (Å²) in [6.45, 7) is -0.357. The summed E-state index contributed by atoms with van der Waals surface area (Å²) in [7, 11) is 3.01. The highest BCUT2D eigenvalue weighted by Gasteiger charge is 2.37. The van der Waals surface area contributed by atoms with E-state index < -0.39 is 24.4 Å². The number of para-hydroxylation sites is 1. The van der Waals surface area contributed by atoms with Gasteiger partial charge in [-0.25, -0.2) is 0 Å². The molecule has 0 saturated carbocycles. The van der Waals surface area contributed by atoms with Crippen molar-refractivity contribution in [1.82, 2.24) is 0 Å². The number of amides is 2. The molecule has 2 aromatic carbocycles. The number of rotatable bonds is 7. The van der Waals surface area contributed by atoms with Crippen LogP contribution in [0.5, 0.6) is 11.5 Å². The second-order valence-electron chi connectivity index (χ2n) is 6.58. The van der Waals surface area contributed by atoms with Crippen LogP contribution in [-0.4, -0.2) is 45.2 Å². The number of benzene rings is 2. The summed E-state index contributed by atoms with van der Waals surface area (Å²) in [5, 5.41) is 2.95.